The number of thiazole rings is 1. The van der Waals surface area contributed by atoms with Crippen molar-refractivity contribution in [2.75, 3.05) is 0 Å². The molecule has 0 aliphatic heterocycles. The van der Waals surface area contributed by atoms with Crippen LogP contribution >= 0.6 is 11.3 Å². The van der Waals surface area contributed by atoms with Gasteiger partial charge in [-0.25, -0.2) is 4.98 Å². The summed E-state index contributed by atoms with van der Waals surface area (Å²) in [4.78, 5) is 8.68. The maximum Gasteiger partial charge on any atom is 0.230 e. The number of para-hydroxylation sites is 1. The molecule has 4 nitrogen and oxygen atoms in total. The molecule has 0 radical (unpaired) electrons. The molecule has 0 saturated carbocycles. The van der Waals surface area contributed by atoms with Crippen LogP contribution in [0.2, 0.25) is 0 Å². The van der Waals surface area contributed by atoms with Crippen LogP contribution in [0.3, 0.4) is 0 Å². The summed E-state index contributed by atoms with van der Waals surface area (Å²) in [6.07, 6.45) is 1.76. The molecule has 0 aliphatic carbocycles. The topological polar surface area (TPSA) is 50.5 Å². The van der Waals surface area contributed by atoms with Crippen molar-refractivity contribution in [3.63, 3.8) is 0 Å². The van der Waals surface area contributed by atoms with Gasteiger partial charge in [0.05, 0.1) is 15.9 Å². The Balaban J connectivity index is 1.82. The van der Waals surface area contributed by atoms with E-state index in [1.165, 1.54) is 0 Å². The molecule has 0 N–H and O–H groups in total. The van der Waals surface area contributed by atoms with Gasteiger partial charge < -0.3 is 0 Å². The molecule has 0 spiro atoms. The fraction of sp³-hybridized carbons (Fsp3) is 0.143. The number of rotatable bonds is 3. The van der Waals surface area contributed by atoms with Gasteiger partial charge in [0.2, 0.25) is 5.13 Å². The van der Waals surface area contributed by atoms with E-state index >= 15 is 0 Å². The highest BCUT2D eigenvalue weighted by molar-refractivity contribution is 7.21. The summed E-state index contributed by atoms with van der Waals surface area (Å²) < 4.78 is 1.13. The zero-order valence-corrected chi connectivity index (χ0v) is 11.2. The highest BCUT2D eigenvalue weighted by Gasteiger charge is 2.05. The molecule has 0 saturated heterocycles. The highest BCUT2D eigenvalue weighted by atomic mass is 32.1. The Morgan fingerprint density at radius 2 is 1.95 bits per heavy atom. The minimum Gasteiger partial charge on any atom is -0.259 e. The zero-order valence-electron chi connectivity index (χ0n) is 10.4. The standard InChI is InChI=1S/C14H12N4S/c1-10(11-6-4-5-9-15-11)17-18-14-16-12-7-2-3-8-13(12)19-14/h2-10H,1H3. The van der Waals surface area contributed by atoms with Crippen molar-refractivity contribution in [2.45, 2.75) is 13.0 Å². The predicted octanol–water partition coefficient (Wildman–Crippen LogP) is 4.54. The van der Waals surface area contributed by atoms with Gasteiger partial charge in [-0.05, 0) is 31.2 Å². The first-order chi connectivity index (χ1) is 9.33. The molecule has 5 heteroatoms. The molecule has 0 aliphatic rings. The van der Waals surface area contributed by atoms with Gasteiger partial charge in [-0.15, -0.1) is 5.11 Å². The molecule has 0 fully saturated rings. The molecule has 0 amide bonds. The molecule has 1 unspecified atom stereocenters. The summed E-state index contributed by atoms with van der Waals surface area (Å²) in [6, 6.07) is 13.7. The summed E-state index contributed by atoms with van der Waals surface area (Å²) in [5.74, 6) is 0. The lowest BCUT2D eigenvalue weighted by Crippen LogP contribution is -1.91. The van der Waals surface area contributed by atoms with E-state index in [0.29, 0.717) is 5.13 Å². The smallest absolute Gasteiger partial charge is 0.230 e. The second-order valence-electron chi connectivity index (χ2n) is 4.11. The summed E-state index contributed by atoms with van der Waals surface area (Å²) >= 11 is 1.54. The monoisotopic (exact) mass is 268 g/mol. The first-order valence-corrected chi connectivity index (χ1v) is 6.82. The lowest BCUT2D eigenvalue weighted by Gasteiger charge is -2.01. The third-order valence-electron chi connectivity index (χ3n) is 2.71. The Bertz CT molecular complexity index is 673. The highest BCUT2D eigenvalue weighted by Crippen LogP contribution is 2.28. The van der Waals surface area contributed by atoms with Crippen LogP contribution in [-0.2, 0) is 0 Å². The number of aromatic nitrogens is 2. The Labute approximate surface area is 114 Å². The zero-order chi connectivity index (χ0) is 13.1. The second kappa shape index (κ2) is 5.24. The Hall–Kier alpha value is -2.14. The summed E-state index contributed by atoms with van der Waals surface area (Å²) in [5, 5.41) is 9.17. The SMILES string of the molecule is CC(N=Nc1nc2ccccc2s1)c1ccccn1. The van der Waals surface area contributed by atoms with Gasteiger partial charge in [0.1, 0.15) is 6.04 Å². The van der Waals surface area contributed by atoms with Crippen LogP contribution in [0.5, 0.6) is 0 Å². The molecule has 2 aromatic heterocycles. The number of nitrogens with zero attached hydrogens (tertiary/aromatic N) is 4. The number of benzene rings is 1. The minimum absolute atomic E-state index is 0.0618. The molecule has 3 aromatic rings. The van der Waals surface area contributed by atoms with Crippen molar-refractivity contribution in [1.29, 1.82) is 0 Å². The minimum atomic E-state index is -0.0618. The van der Waals surface area contributed by atoms with Gasteiger partial charge in [-0.2, -0.15) is 5.11 Å². The molecular weight excluding hydrogens is 256 g/mol. The lowest BCUT2D eigenvalue weighted by molar-refractivity contribution is 0.735. The van der Waals surface area contributed by atoms with Gasteiger partial charge in [-0.1, -0.05) is 29.5 Å². The molecule has 3 rings (SSSR count). The van der Waals surface area contributed by atoms with Crippen LogP contribution in [-0.4, -0.2) is 9.97 Å². The van der Waals surface area contributed by atoms with Gasteiger partial charge >= 0.3 is 0 Å². The van der Waals surface area contributed by atoms with Gasteiger partial charge in [0.15, 0.2) is 0 Å². The van der Waals surface area contributed by atoms with Crippen LogP contribution in [0.15, 0.2) is 58.9 Å². The molecule has 94 valence electrons. The molecule has 0 bridgehead atoms. The van der Waals surface area contributed by atoms with Crippen molar-refractivity contribution in [3.05, 3.63) is 54.4 Å². The maximum absolute atomic E-state index is 4.42. The van der Waals surface area contributed by atoms with E-state index in [1.807, 2.05) is 49.4 Å². The van der Waals surface area contributed by atoms with E-state index in [4.69, 9.17) is 0 Å². The van der Waals surface area contributed by atoms with Crippen molar-refractivity contribution >= 4 is 26.7 Å². The first-order valence-electron chi connectivity index (χ1n) is 6.00. The number of fused-ring (bicyclic) bond motifs is 1. The van der Waals surface area contributed by atoms with Crippen molar-refractivity contribution in [2.24, 2.45) is 10.2 Å². The average molecular weight is 268 g/mol. The Morgan fingerprint density at radius 1 is 1.11 bits per heavy atom. The fourth-order valence-corrected chi connectivity index (χ4v) is 2.51. The lowest BCUT2D eigenvalue weighted by atomic mass is 10.2. The number of hydrogen-bond acceptors (Lipinski definition) is 5. The average Bonchev–Trinajstić information content (AvgIpc) is 2.88. The first kappa shape index (κ1) is 11.9. The fourth-order valence-electron chi connectivity index (χ4n) is 1.72. The molecular formula is C14H12N4S. The van der Waals surface area contributed by atoms with Gasteiger partial charge in [0, 0.05) is 6.20 Å². The van der Waals surface area contributed by atoms with E-state index in [0.717, 1.165) is 15.9 Å². The molecule has 19 heavy (non-hydrogen) atoms. The number of hydrogen-bond donors (Lipinski definition) is 0. The third kappa shape index (κ3) is 2.66. The van der Waals surface area contributed by atoms with Crippen molar-refractivity contribution < 1.29 is 0 Å². The molecule has 1 aromatic carbocycles. The largest absolute Gasteiger partial charge is 0.259 e. The van der Waals surface area contributed by atoms with Crippen molar-refractivity contribution in [1.82, 2.24) is 9.97 Å². The predicted molar refractivity (Wildman–Crippen MR) is 76.8 cm³/mol. The number of azo groups is 1. The van der Waals surface area contributed by atoms with E-state index in [1.54, 1.807) is 17.5 Å². The second-order valence-corrected chi connectivity index (χ2v) is 5.12. The molecule has 1 atom stereocenters. The van der Waals surface area contributed by atoms with Crippen molar-refractivity contribution in [3.8, 4) is 0 Å². The summed E-state index contributed by atoms with van der Waals surface area (Å²) in [7, 11) is 0. The quantitative estimate of drug-likeness (QED) is 0.655. The van der Waals surface area contributed by atoms with E-state index < -0.39 is 0 Å². The van der Waals surface area contributed by atoms with Crippen LogP contribution < -0.4 is 0 Å². The normalized spacial score (nSPS) is 13.1. The van der Waals surface area contributed by atoms with Crippen LogP contribution in [0.25, 0.3) is 10.2 Å². The Kier molecular flexibility index (Phi) is 3.29. The molecule has 2 heterocycles. The summed E-state index contributed by atoms with van der Waals surface area (Å²) in [5.41, 5.74) is 1.87. The Morgan fingerprint density at radius 3 is 2.74 bits per heavy atom. The van der Waals surface area contributed by atoms with E-state index in [9.17, 15) is 0 Å². The summed E-state index contributed by atoms with van der Waals surface area (Å²) in [6.45, 7) is 1.97. The van der Waals surface area contributed by atoms with Gasteiger partial charge in [0.25, 0.3) is 0 Å². The van der Waals surface area contributed by atoms with Crippen LogP contribution in [0.1, 0.15) is 18.7 Å². The maximum atomic E-state index is 4.42. The van der Waals surface area contributed by atoms with E-state index in [-0.39, 0.29) is 6.04 Å². The number of pyridine rings is 1. The van der Waals surface area contributed by atoms with Crippen LogP contribution in [0, 0.1) is 0 Å². The van der Waals surface area contributed by atoms with Crippen LogP contribution in [0.4, 0.5) is 5.13 Å². The van der Waals surface area contributed by atoms with Gasteiger partial charge in [-0.3, -0.25) is 4.98 Å². The van der Waals surface area contributed by atoms with E-state index in [2.05, 4.69) is 20.2 Å². The third-order valence-corrected chi connectivity index (χ3v) is 3.64.